The molecule has 0 saturated carbocycles. The summed E-state index contributed by atoms with van der Waals surface area (Å²) < 4.78 is 5.58. The van der Waals surface area contributed by atoms with Gasteiger partial charge >= 0.3 is 0 Å². The number of nitrogens with one attached hydrogen (secondary N) is 1. The first kappa shape index (κ1) is 15.5. The van der Waals surface area contributed by atoms with Crippen LogP contribution in [0.2, 0.25) is 10.0 Å². The molecule has 0 fully saturated rings. The van der Waals surface area contributed by atoms with Gasteiger partial charge in [-0.25, -0.2) is 0 Å². The Hall–Kier alpha value is -2.43. The Labute approximate surface area is 142 Å². The molecular weight excluding hydrogens is 335 g/mol. The first-order chi connectivity index (χ1) is 11.0. The molecule has 1 heterocycles. The van der Waals surface area contributed by atoms with Crippen molar-refractivity contribution in [2.45, 2.75) is 0 Å². The molecule has 0 aliphatic carbocycles. The zero-order valence-corrected chi connectivity index (χ0v) is 13.4. The van der Waals surface area contributed by atoms with Crippen molar-refractivity contribution < 1.29 is 9.21 Å². The molecule has 0 bridgehead atoms. The summed E-state index contributed by atoms with van der Waals surface area (Å²) in [5, 5.41) is 3.72. The predicted octanol–water partition coefficient (Wildman–Crippen LogP) is 5.09. The van der Waals surface area contributed by atoms with Crippen LogP contribution in [0.5, 0.6) is 0 Å². The lowest BCUT2D eigenvalue weighted by Gasteiger charge is -2.06. The largest absolute Gasteiger partial charge is 0.451 e. The standard InChI is InChI=1S/C17H12Cl2N2O2/c18-10-5-6-12(19)11(9-10)15-7-8-16(23-15)17(22)21-14-4-2-1-3-13(14)20/h1-9H,20H2,(H,21,22). The van der Waals surface area contributed by atoms with Crippen molar-refractivity contribution in [3.05, 3.63) is 70.4 Å². The highest BCUT2D eigenvalue weighted by Crippen LogP contribution is 2.32. The fourth-order valence-corrected chi connectivity index (χ4v) is 2.47. The maximum absolute atomic E-state index is 12.2. The Morgan fingerprint density at radius 2 is 1.83 bits per heavy atom. The second-order valence-electron chi connectivity index (χ2n) is 4.83. The third kappa shape index (κ3) is 3.33. The summed E-state index contributed by atoms with van der Waals surface area (Å²) in [6.07, 6.45) is 0. The van der Waals surface area contributed by atoms with Crippen molar-refractivity contribution in [3.63, 3.8) is 0 Å². The monoisotopic (exact) mass is 346 g/mol. The van der Waals surface area contributed by atoms with Gasteiger partial charge in [-0.05, 0) is 42.5 Å². The maximum Gasteiger partial charge on any atom is 0.291 e. The Morgan fingerprint density at radius 1 is 1.04 bits per heavy atom. The van der Waals surface area contributed by atoms with Crippen molar-refractivity contribution in [1.82, 2.24) is 0 Å². The summed E-state index contributed by atoms with van der Waals surface area (Å²) in [4.78, 5) is 12.2. The second kappa shape index (κ2) is 6.36. The fraction of sp³-hybridized carbons (Fsp3) is 0. The third-order valence-corrected chi connectivity index (χ3v) is 3.80. The van der Waals surface area contributed by atoms with Gasteiger partial charge in [0, 0.05) is 10.6 Å². The number of hydrogen-bond donors (Lipinski definition) is 2. The van der Waals surface area contributed by atoms with Crippen molar-refractivity contribution in [2.24, 2.45) is 0 Å². The molecule has 0 spiro atoms. The number of hydrogen-bond acceptors (Lipinski definition) is 3. The molecule has 0 aliphatic rings. The van der Waals surface area contributed by atoms with E-state index < -0.39 is 5.91 Å². The Morgan fingerprint density at radius 3 is 2.61 bits per heavy atom. The van der Waals surface area contributed by atoms with Crippen LogP contribution in [0.4, 0.5) is 11.4 Å². The van der Waals surface area contributed by atoms with E-state index in [4.69, 9.17) is 33.4 Å². The van der Waals surface area contributed by atoms with Gasteiger partial charge in [0.15, 0.2) is 5.76 Å². The van der Waals surface area contributed by atoms with Gasteiger partial charge in [-0.3, -0.25) is 4.79 Å². The molecule has 0 aliphatic heterocycles. The summed E-state index contributed by atoms with van der Waals surface area (Å²) in [5.74, 6) is 0.218. The van der Waals surface area contributed by atoms with Crippen molar-refractivity contribution in [1.29, 1.82) is 0 Å². The molecule has 3 aromatic rings. The maximum atomic E-state index is 12.2. The van der Waals surface area contributed by atoms with Gasteiger partial charge in [-0.15, -0.1) is 0 Å². The van der Waals surface area contributed by atoms with E-state index in [0.717, 1.165) is 0 Å². The molecule has 3 N–H and O–H groups in total. The van der Waals surface area contributed by atoms with Crippen LogP contribution in [-0.2, 0) is 0 Å². The van der Waals surface area contributed by atoms with E-state index in [1.807, 2.05) is 0 Å². The van der Waals surface area contributed by atoms with Crippen LogP contribution < -0.4 is 11.1 Å². The van der Waals surface area contributed by atoms with Crippen molar-refractivity contribution >= 4 is 40.5 Å². The van der Waals surface area contributed by atoms with Gasteiger partial charge in [0.05, 0.1) is 16.4 Å². The minimum atomic E-state index is -0.396. The minimum absolute atomic E-state index is 0.152. The van der Waals surface area contributed by atoms with Crippen molar-refractivity contribution in [3.8, 4) is 11.3 Å². The number of halogens is 2. The number of nitrogens with two attached hydrogens (primary N) is 1. The number of anilines is 2. The summed E-state index contributed by atoms with van der Waals surface area (Å²) in [7, 11) is 0. The van der Waals surface area contributed by atoms with Crippen LogP contribution in [0.15, 0.2) is 59.0 Å². The van der Waals surface area contributed by atoms with E-state index >= 15 is 0 Å². The molecule has 0 radical (unpaired) electrons. The minimum Gasteiger partial charge on any atom is -0.451 e. The molecule has 1 aromatic heterocycles. The topological polar surface area (TPSA) is 68.3 Å². The number of benzene rings is 2. The molecule has 0 saturated heterocycles. The highest BCUT2D eigenvalue weighted by Gasteiger charge is 2.15. The van der Waals surface area contributed by atoms with Crippen LogP contribution in [-0.4, -0.2) is 5.91 Å². The molecule has 0 unspecified atom stereocenters. The van der Waals surface area contributed by atoms with Gasteiger partial charge in [0.2, 0.25) is 0 Å². The number of furan rings is 1. The van der Waals surface area contributed by atoms with E-state index in [1.165, 1.54) is 0 Å². The quantitative estimate of drug-likeness (QED) is 0.649. The third-order valence-electron chi connectivity index (χ3n) is 3.23. The molecular formula is C17H12Cl2N2O2. The SMILES string of the molecule is Nc1ccccc1NC(=O)c1ccc(-c2cc(Cl)ccc2Cl)o1. The Kier molecular flexibility index (Phi) is 4.28. The van der Waals surface area contributed by atoms with Crippen LogP contribution in [0, 0.1) is 0 Å². The summed E-state index contributed by atoms with van der Waals surface area (Å²) >= 11 is 12.1. The molecule has 1 amide bonds. The zero-order chi connectivity index (χ0) is 16.4. The van der Waals surface area contributed by atoms with Gasteiger partial charge in [0.25, 0.3) is 5.91 Å². The van der Waals surface area contributed by atoms with E-state index in [0.29, 0.717) is 32.7 Å². The van der Waals surface area contributed by atoms with E-state index in [2.05, 4.69) is 5.32 Å². The van der Waals surface area contributed by atoms with Gasteiger partial charge < -0.3 is 15.5 Å². The van der Waals surface area contributed by atoms with Gasteiger partial charge in [-0.1, -0.05) is 35.3 Å². The molecule has 2 aromatic carbocycles. The lowest BCUT2D eigenvalue weighted by Crippen LogP contribution is -2.12. The Balaban J connectivity index is 1.86. The highest BCUT2D eigenvalue weighted by atomic mass is 35.5. The first-order valence-corrected chi connectivity index (χ1v) is 7.51. The molecule has 6 heteroatoms. The average Bonchev–Trinajstić information content (AvgIpc) is 3.02. The molecule has 4 nitrogen and oxygen atoms in total. The van der Waals surface area contributed by atoms with E-state index in [-0.39, 0.29) is 5.76 Å². The number of carbonyl (C=O) groups is 1. The van der Waals surface area contributed by atoms with Crippen LogP contribution in [0.3, 0.4) is 0 Å². The summed E-state index contributed by atoms with van der Waals surface area (Å²) in [5.41, 5.74) is 7.43. The summed E-state index contributed by atoms with van der Waals surface area (Å²) in [6.45, 7) is 0. The number of amides is 1. The van der Waals surface area contributed by atoms with E-state index in [9.17, 15) is 4.79 Å². The van der Waals surface area contributed by atoms with Crippen LogP contribution >= 0.6 is 23.2 Å². The second-order valence-corrected chi connectivity index (χ2v) is 5.67. The first-order valence-electron chi connectivity index (χ1n) is 6.76. The zero-order valence-electron chi connectivity index (χ0n) is 11.8. The normalized spacial score (nSPS) is 10.5. The van der Waals surface area contributed by atoms with Crippen LogP contribution in [0.25, 0.3) is 11.3 Å². The number of para-hydroxylation sites is 2. The highest BCUT2D eigenvalue weighted by molar-refractivity contribution is 6.35. The Bertz CT molecular complexity index is 875. The van der Waals surface area contributed by atoms with E-state index in [1.54, 1.807) is 54.6 Å². The number of carbonyl (C=O) groups excluding carboxylic acids is 1. The van der Waals surface area contributed by atoms with Gasteiger partial charge in [-0.2, -0.15) is 0 Å². The van der Waals surface area contributed by atoms with Crippen molar-refractivity contribution in [2.75, 3.05) is 11.1 Å². The average molecular weight is 347 g/mol. The molecule has 3 rings (SSSR count). The predicted molar refractivity (Wildman–Crippen MR) is 93.0 cm³/mol. The number of nitrogen functional groups attached to an aromatic ring is 1. The smallest absolute Gasteiger partial charge is 0.291 e. The lowest BCUT2D eigenvalue weighted by atomic mass is 10.2. The molecule has 116 valence electrons. The lowest BCUT2D eigenvalue weighted by molar-refractivity contribution is 0.0997. The summed E-state index contributed by atoms with van der Waals surface area (Å²) in [6, 6.07) is 15.3. The molecule has 23 heavy (non-hydrogen) atoms. The fourth-order valence-electron chi connectivity index (χ4n) is 2.09. The van der Waals surface area contributed by atoms with Crippen LogP contribution in [0.1, 0.15) is 10.6 Å². The number of rotatable bonds is 3. The molecule has 0 atom stereocenters. The van der Waals surface area contributed by atoms with Gasteiger partial charge in [0.1, 0.15) is 5.76 Å².